The number of nitrogens with two attached hydrogens (primary N) is 1. The lowest BCUT2D eigenvalue weighted by Gasteiger charge is -2.12. The SMILES string of the molecule is CCc1nn(CC(O)c2ccc(F)cc2)c(N)c1C(=O)OC. The zero-order valence-electron chi connectivity index (χ0n) is 12.4. The van der Waals surface area contributed by atoms with E-state index in [1.165, 1.54) is 36.1 Å². The predicted molar refractivity (Wildman–Crippen MR) is 78.7 cm³/mol. The fraction of sp³-hybridized carbons (Fsp3) is 0.333. The number of methoxy groups -OCH3 is 1. The maximum atomic E-state index is 12.9. The number of aliphatic hydroxyl groups excluding tert-OH is 1. The summed E-state index contributed by atoms with van der Waals surface area (Å²) in [6.07, 6.45) is -0.410. The number of anilines is 1. The largest absolute Gasteiger partial charge is 0.465 e. The number of aliphatic hydroxyl groups is 1. The minimum Gasteiger partial charge on any atom is -0.465 e. The zero-order valence-corrected chi connectivity index (χ0v) is 12.4. The molecule has 6 nitrogen and oxygen atoms in total. The first-order valence-corrected chi connectivity index (χ1v) is 6.84. The van der Waals surface area contributed by atoms with Crippen molar-refractivity contribution in [1.29, 1.82) is 0 Å². The molecule has 0 spiro atoms. The summed E-state index contributed by atoms with van der Waals surface area (Å²) >= 11 is 0. The maximum Gasteiger partial charge on any atom is 0.343 e. The molecule has 1 heterocycles. The van der Waals surface area contributed by atoms with Crippen molar-refractivity contribution < 1.29 is 19.0 Å². The van der Waals surface area contributed by atoms with Crippen LogP contribution < -0.4 is 5.73 Å². The molecule has 1 unspecified atom stereocenters. The monoisotopic (exact) mass is 307 g/mol. The Morgan fingerprint density at radius 3 is 2.64 bits per heavy atom. The van der Waals surface area contributed by atoms with E-state index in [4.69, 9.17) is 10.5 Å². The van der Waals surface area contributed by atoms with E-state index < -0.39 is 12.1 Å². The lowest BCUT2D eigenvalue weighted by molar-refractivity contribution is 0.0600. The van der Waals surface area contributed by atoms with E-state index in [0.717, 1.165) is 0 Å². The summed E-state index contributed by atoms with van der Waals surface area (Å²) in [5.74, 6) is -0.794. The highest BCUT2D eigenvalue weighted by atomic mass is 19.1. The number of nitrogen functional groups attached to an aromatic ring is 1. The van der Waals surface area contributed by atoms with Crippen molar-refractivity contribution in [1.82, 2.24) is 9.78 Å². The summed E-state index contributed by atoms with van der Waals surface area (Å²) in [5, 5.41) is 14.4. The van der Waals surface area contributed by atoms with Crippen molar-refractivity contribution in [2.45, 2.75) is 26.0 Å². The van der Waals surface area contributed by atoms with Crippen molar-refractivity contribution >= 4 is 11.8 Å². The second kappa shape index (κ2) is 6.57. The fourth-order valence-electron chi connectivity index (χ4n) is 2.19. The lowest BCUT2D eigenvalue weighted by atomic mass is 10.1. The van der Waals surface area contributed by atoms with Crippen LogP contribution in [0.15, 0.2) is 24.3 Å². The van der Waals surface area contributed by atoms with Crippen LogP contribution in [0.4, 0.5) is 10.2 Å². The van der Waals surface area contributed by atoms with Gasteiger partial charge >= 0.3 is 5.97 Å². The fourth-order valence-corrected chi connectivity index (χ4v) is 2.19. The van der Waals surface area contributed by atoms with Crippen LogP contribution in [-0.4, -0.2) is 28.0 Å². The van der Waals surface area contributed by atoms with E-state index in [-0.39, 0.29) is 23.7 Å². The number of nitrogens with zero attached hydrogens (tertiary/aromatic N) is 2. The Kier molecular flexibility index (Phi) is 4.77. The molecule has 1 atom stereocenters. The standard InChI is InChI=1S/C15H18FN3O3/c1-3-11-13(15(21)22-2)14(17)19(18-11)8-12(20)9-4-6-10(16)7-5-9/h4-7,12,20H,3,8,17H2,1-2H3. The van der Waals surface area contributed by atoms with Crippen LogP contribution in [0.5, 0.6) is 0 Å². The third-order valence-corrected chi connectivity index (χ3v) is 3.39. The second-order valence-electron chi connectivity index (χ2n) is 4.80. The summed E-state index contributed by atoms with van der Waals surface area (Å²) in [6.45, 7) is 1.90. The highest BCUT2D eigenvalue weighted by Crippen LogP contribution is 2.22. The number of hydrogen-bond acceptors (Lipinski definition) is 5. The first kappa shape index (κ1) is 16.0. The second-order valence-corrected chi connectivity index (χ2v) is 4.80. The maximum absolute atomic E-state index is 12.9. The summed E-state index contributed by atoms with van der Waals surface area (Å²) in [7, 11) is 1.27. The molecule has 0 aliphatic rings. The average molecular weight is 307 g/mol. The van der Waals surface area contributed by atoms with Crippen molar-refractivity contribution in [3.8, 4) is 0 Å². The number of esters is 1. The molecule has 0 aliphatic carbocycles. The van der Waals surface area contributed by atoms with Gasteiger partial charge in [0, 0.05) is 0 Å². The molecule has 0 saturated heterocycles. The Morgan fingerprint density at radius 2 is 2.09 bits per heavy atom. The lowest BCUT2D eigenvalue weighted by Crippen LogP contribution is -2.13. The number of carbonyl (C=O) groups excluding carboxylic acids is 1. The molecule has 0 radical (unpaired) electrons. The van der Waals surface area contributed by atoms with Crippen LogP contribution in [-0.2, 0) is 17.7 Å². The quantitative estimate of drug-likeness (QED) is 0.820. The molecule has 0 bridgehead atoms. The van der Waals surface area contributed by atoms with Crippen LogP contribution in [0.25, 0.3) is 0 Å². The Hall–Kier alpha value is -2.41. The van der Waals surface area contributed by atoms with Gasteiger partial charge in [0.2, 0.25) is 0 Å². The normalized spacial score (nSPS) is 12.2. The van der Waals surface area contributed by atoms with E-state index in [1.54, 1.807) is 0 Å². The van der Waals surface area contributed by atoms with Gasteiger partial charge in [0.15, 0.2) is 0 Å². The molecule has 0 amide bonds. The highest BCUT2D eigenvalue weighted by Gasteiger charge is 2.23. The first-order chi connectivity index (χ1) is 10.5. The van der Waals surface area contributed by atoms with Gasteiger partial charge in [0.1, 0.15) is 17.2 Å². The molecule has 0 aliphatic heterocycles. The van der Waals surface area contributed by atoms with E-state index >= 15 is 0 Å². The summed E-state index contributed by atoms with van der Waals surface area (Å²) in [5.41, 5.74) is 7.20. The van der Waals surface area contributed by atoms with Crippen molar-refractivity contribution in [3.63, 3.8) is 0 Å². The van der Waals surface area contributed by atoms with E-state index in [0.29, 0.717) is 17.7 Å². The molecular formula is C15H18FN3O3. The van der Waals surface area contributed by atoms with Gasteiger partial charge in [-0.2, -0.15) is 5.10 Å². The zero-order chi connectivity index (χ0) is 16.3. The van der Waals surface area contributed by atoms with Crippen LogP contribution in [0.1, 0.15) is 34.6 Å². The smallest absolute Gasteiger partial charge is 0.343 e. The Balaban J connectivity index is 2.28. The van der Waals surface area contributed by atoms with Gasteiger partial charge in [-0.3, -0.25) is 0 Å². The number of hydrogen-bond donors (Lipinski definition) is 2. The number of rotatable bonds is 5. The van der Waals surface area contributed by atoms with Gasteiger partial charge in [-0.05, 0) is 24.1 Å². The third-order valence-electron chi connectivity index (χ3n) is 3.39. The molecule has 22 heavy (non-hydrogen) atoms. The van der Waals surface area contributed by atoms with Gasteiger partial charge in [-0.1, -0.05) is 19.1 Å². The van der Waals surface area contributed by atoms with Crippen molar-refractivity contribution in [2.24, 2.45) is 0 Å². The Bertz CT molecular complexity index is 667. The molecule has 7 heteroatoms. The predicted octanol–water partition coefficient (Wildman–Crippen LogP) is 1.69. The topological polar surface area (TPSA) is 90.4 Å². The molecular weight excluding hydrogens is 289 g/mol. The molecule has 3 N–H and O–H groups in total. The van der Waals surface area contributed by atoms with E-state index in [2.05, 4.69) is 5.10 Å². The molecule has 1 aromatic carbocycles. The summed E-state index contributed by atoms with van der Waals surface area (Å²) in [6, 6.07) is 5.51. The number of halogens is 1. The molecule has 2 rings (SSSR count). The Morgan fingerprint density at radius 1 is 1.45 bits per heavy atom. The van der Waals surface area contributed by atoms with Crippen LogP contribution in [0.2, 0.25) is 0 Å². The highest BCUT2D eigenvalue weighted by molar-refractivity contribution is 5.95. The van der Waals surface area contributed by atoms with E-state index in [9.17, 15) is 14.3 Å². The van der Waals surface area contributed by atoms with Crippen LogP contribution >= 0.6 is 0 Å². The number of ether oxygens (including phenoxy) is 1. The molecule has 118 valence electrons. The number of aromatic nitrogens is 2. The van der Waals surface area contributed by atoms with Gasteiger partial charge in [0.05, 0.1) is 25.5 Å². The van der Waals surface area contributed by atoms with Gasteiger partial charge in [0.25, 0.3) is 0 Å². The van der Waals surface area contributed by atoms with Crippen molar-refractivity contribution in [2.75, 3.05) is 12.8 Å². The minimum absolute atomic E-state index is 0.0570. The van der Waals surface area contributed by atoms with Crippen molar-refractivity contribution in [3.05, 3.63) is 46.9 Å². The van der Waals surface area contributed by atoms with Gasteiger partial charge in [-0.15, -0.1) is 0 Å². The number of benzene rings is 1. The third kappa shape index (κ3) is 3.09. The van der Waals surface area contributed by atoms with E-state index in [1.807, 2.05) is 6.92 Å². The number of aryl methyl sites for hydroxylation is 1. The average Bonchev–Trinajstić information content (AvgIpc) is 2.83. The molecule has 0 fully saturated rings. The molecule has 1 aromatic heterocycles. The molecule has 0 saturated carbocycles. The van der Waals surface area contributed by atoms with Gasteiger partial charge in [-0.25, -0.2) is 13.9 Å². The van der Waals surface area contributed by atoms with Gasteiger partial charge < -0.3 is 15.6 Å². The van der Waals surface area contributed by atoms with Crippen LogP contribution in [0.3, 0.4) is 0 Å². The summed E-state index contributed by atoms with van der Waals surface area (Å²) < 4.78 is 19.0. The number of carbonyl (C=O) groups is 1. The Labute approximate surface area is 127 Å². The minimum atomic E-state index is -0.919. The first-order valence-electron chi connectivity index (χ1n) is 6.84. The van der Waals surface area contributed by atoms with Crippen LogP contribution in [0, 0.1) is 5.82 Å². The summed E-state index contributed by atoms with van der Waals surface area (Å²) in [4.78, 5) is 11.8. The molecule has 2 aromatic rings.